The fourth-order valence-corrected chi connectivity index (χ4v) is 2.84. The molecule has 1 N–H and O–H groups in total. The average molecular weight is 370 g/mol. The van der Waals surface area contributed by atoms with Gasteiger partial charge in [0.05, 0.1) is 18.2 Å². The lowest BCUT2D eigenvalue weighted by molar-refractivity contribution is 0.0947. The first-order valence-electron chi connectivity index (χ1n) is 8.49. The van der Waals surface area contributed by atoms with Crippen LogP contribution >= 0.6 is 11.6 Å². The Bertz CT molecular complexity index is 911. The van der Waals surface area contributed by atoms with Gasteiger partial charge in [-0.1, -0.05) is 41.9 Å². The summed E-state index contributed by atoms with van der Waals surface area (Å²) in [5.74, 6) is 1.16. The SMILES string of the molecule is CCOc1ccc(C(=O)NCCOc2ccc3ccccc3c2)cc1Cl. The van der Waals surface area contributed by atoms with Crippen LogP contribution in [0, 0.1) is 0 Å². The molecule has 5 heteroatoms. The minimum atomic E-state index is -0.197. The molecule has 134 valence electrons. The maximum atomic E-state index is 12.2. The van der Waals surface area contributed by atoms with E-state index in [4.69, 9.17) is 21.1 Å². The molecule has 3 rings (SSSR count). The molecule has 0 heterocycles. The first-order valence-corrected chi connectivity index (χ1v) is 8.87. The van der Waals surface area contributed by atoms with E-state index in [2.05, 4.69) is 11.4 Å². The number of halogens is 1. The Labute approximate surface area is 157 Å². The van der Waals surface area contributed by atoms with Crippen molar-refractivity contribution in [1.82, 2.24) is 5.32 Å². The lowest BCUT2D eigenvalue weighted by atomic mass is 10.1. The summed E-state index contributed by atoms with van der Waals surface area (Å²) in [5, 5.41) is 5.54. The summed E-state index contributed by atoms with van der Waals surface area (Å²) in [7, 11) is 0. The third-order valence-corrected chi connectivity index (χ3v) is 4.17. The van der Waals surface area contributed by atoms with Gasteiger partial charge < -0.3 is 14.8 Å². The highest BCUT2D eigenvalue weighted by Crippen LogP contribution is 2.25. The van der Waals surface area contributed by atoms with E-state index in [1.807, 2.05) is 43.3 Å². The number of hydrogen-bond donors (Lipinski definition) is 1. The maximum absolute atomic E-state index is 12.2. The molecule has 3 aromatic rings. The number of benzene rings is 3. The minimum Gasteiger partial charge on any atom is -0.492 e. The van der Waals surface area contributed by atoms with Crippen molar-refractivity contribution in [3.05, 3.63) is 71.2 Å². The van der Waals surface area contributed by atoms with Crippen molar-refractivity contribution in [2.45, 2.75) is 6.92 Å². The zero-order valence-corrected chi connectivity index (χ0v) is 15.3. The molecular formula is C21H20ClNO3. The molecule has 0 bridgehead atoms. The van der Waals surface area contributed by atoms with Gasteiger partial charge in [0.15, 0.2) is 0 Å². The van der Waals surface area contributed by atoms with Crippen LogP contribution in [0.25, 0.3) is 10.8 Å². The fourth-order valence-electron chi connectivity index (χ4n) is 2.61. The predicted molar refractivity (Wildman–Crippen MR) is 104 cm³/mol. The maximum Gasteiger partial charge on any atom is 0.251 e. The predicted octanol–water partition coefficient (Wildman–Crippen LogP) is 4.70. The van der Waals surface area contributed by atoms with Crippen molar-refractivity contribution in [2.24, 2.45) is 0 Å². The standard InChI is InChI=1S/C21H20ClNO3/c1-2-25-20-10-8-17(14-19(20)22)21(24)23-11-12-26-18-9-7-15-5-3-4-6-16(15)13-18/h3-10,13-14H,2,11-12H2,1H3,(H,23,24). The zero-order chi connectivity index (χ0) is 18.4. The molecule has 0 atom stereocenters. The third-order valence-electron chi connectivity index (χ3n) is 3.87. The van der Waals surface area contributed by atoms with Crippen molar-refractivity contribution in [3.8, 4) is 11.5 Å². The van der Waals surface area contributed by atoms with E-state index in [0.717, 1.165) is 11.1 Å². The highest BCUT2D eigenvalue weighted by molar-refractivity contribution is 6.32. The monoisotopic (exact) mass is 369 g/mol. The summed E-state index contributed by atoms with van der Waals surface area (Å²) in [4.78, 5) is 12.2. The van der Waals surface area contributed by atoms with Crippen LogP contribution in [-0.4, -0.2) is 25.7 Å². The molecule has 0 aliphatic heterocycles. The number of carbonyl (C=O) groups is 1. The van der Waals surface area contributed by atoms with Crippen molar-refractivity contribution in [1.29, 1.82) is 0 Å². The molecule has 0 saturated heterocycles. The third kappa shape index (κ3) is 4.46. The Morgan fingerprint density at radius 3 is 2.58 bits per heavy atom. The van der Waals surface area contributed by atoms with E-state index in [9.17, 15) is 4.79 Å². The molecule has 0 radical (unpaired) electrons. The van der Waals surface area contributed by atoms with Crippen molar-refractivity contribution in [3.63, 3.8) is 0 Å². The lowest BCUT2D eigenvalue weighted by Gasteiger charge is -2.10. The Morgan fingerprint density at radius 2 is 1.81 bits per heavy atom. The van der Waals surface area contributed by atoms with Crippen LogP contribution in [-0.2, 0) is 0 Å². The van der Waals surface area contributed by atoms with Gasteiger partial charge in [-0.15, -0.1) is 0 Å². The van der Waals surface area contributed by atoms with Crippen LogP contribution in [0.15, 0.2) is 60.7 Å². The van der Waals surface area contributed by atoms with Gasteiger partial charge in [-0.2, -0.15) is 0 Å². The van der Waals surface area contributed by atoms with Crippen LogP contribution in [0.2, 0.25) is 5.02 Å². The highest BCUT2D eigenvalue weighted by Gasteiger charge is 2.09. The molecule has 1 amide bonds. The molecule has 26 heavy (non-hydrogen) atoms. The molecule has 0 saturated carbocycles. The minimum absolute atomic E-state index is 0.197. The number of rotatable bonds is 7. The summed E-state index contributed by atoms with van der Waals surface area (Å²) in [6.45, 7) is 3.19. The second kappa shape index (κ2) is 8.59. The largest absolute Gasteiger partial charge is 0.492 e. The van der Waals surface area contributed by atoms with Crippen LogP contribution in [0.5, 0.6) is 11.5 Å². The lowest BCUT2D eigenvalue weighted by Crippen LogP contribution is -2.28. The first-order chi connectivity index (χ1) is 12.7. The van der Waals surface area contributed by atoms with E-state index in [0.29, 0.717) is 36.1 Å². The zero-order valence-electron chi connectivity index (χ0n) is 14.5. The van der Waals surface area contributed by atoms with Gasteiger partial charge in [0.2, 0.25) is 0 Å². The first kappa shape index (κ1) is 18.1. The Morgan fingerprint density at radius 1 is 1.00 bits per heavy atom. The van der Waals surface area contributed by atoms with Gasteiger partial charge in [0.25, 0.3) is 5.91 Å². The number of hydrogen-bond acceptors (Lipinski definition) is 3. The molecule has 0 aliphatic rings. The summed E-state index contributed by atoms with van der Waals surface area (Å²) in [5.41, 5.74) is 0.490. The number of fused-ring (bicyclic) bond motifs is 1. The molecular weight excluding hydrogens is 350 g/mol. The summed E-state index contributed by atoms with van der Waals surface area (Å²) in [6, 6.07) is 19.0. The summed E-state index contributed by atoms with van der Waals surface area (Å²) >= 11 is 6.11. The van der Waals surface area contributed by atoms with E-state index in [1.165, 1.54) is 5.39 Å². The van der Waals surface area contributed by atoms with E-state index in [1.54, 1.807) is 18.2 Å². The Hall–Kier alpha value is -2.72. The number of ether oxygens (including phenoxy) is 2. The molecule has 4 nitrogen and oxygen atoms in total. The van der Waals surface area contributed by atoms with Gasteiger partial charge >= 0.3 is 0 Å². The Balaban J connectivity index is 1.51. The van der Waals surface area contributed by atoms with Crippen LogP contribution in [0.3, 0.4) is 0 Å². The fraction of sp³-hybridized carbons (Fsp3) is 0.190. The van der Waals surface area contributed by atoms with Crippen LogP contribution in [0.1, 0.15) is 17.3 Å². The number of amides is 1. The highest BCUT2D eigenvalue weighted by atomic mass is 35.5. The summed E-state index contributed by atoms with van der Waals surface area (Å²) in [6.07, 6.45) is 0. The molecule has 0 aromatic heterocycles. The second-order valence-electron chi connectivity index (χ2n) is 5.69. The van der Waals surface area contributed by atoms with E-state index < -0.39 is 0 Å². The average Bonchev–Trinajstić information content (AvgIpc) is 2.66. The van der Waals surface area contributed by atoms with Gasteiger partial charge in [-0.05, 0) is 48.0 Å². The summed E-state index contributed by atoms with van der Waals surface area (Å²) < 4.78 is 11.1. The van der Waals surface area contributed by atoms with Crippen molar-refractivity contribution < 1.29 is 14.3 Å². The number of carbonyl (C=O) groups excluding carboxylic acids is 1. The second-order valence-corrected chi connectivity index (χ2v) is 6.10. The molecule has 3 aromatic carbocycles. The topological polar surface area (TPSA) is 47.6 Å². The molecule has 0 aliphatic carbocycles. The van der Waals surface area contributed by atoms with Gasteiger partial charge in [-0.3, -0.25) is 4.79 Å². The van der Waals surface area contributed by atoms with Crippen molar-refractivity contribution in [2.75, 3.05) is 19.8 Å². The van der Waals surface area contributed by atoms with Crippen LogP contribution in [0.4, 0.5) is 0 Å². The van der Waals surface area contributed by atoms with Gasteiger partial charge in [-0.25, -0.2) is 0 Å². The van der Waals surface area contributed by atoms with E-state index >= 15 is 0 Å². The molecule has 0 fully saturated rings. The number of nitrogens with one attached hydrogen (secondary N) is 1. The van der Waals surface area contributed by atoms with Gasteiger partial charge in [0, 0.05) is 5.56 Å². The smallest absolute Gasteiger partial charge is 0.251 e. The van der Waals surface area contributed by atoms with E-state index in [-0.39, 0.29) is 5.91 Å². The normalized spacial score (nSPS) is 10.5. The van der Waals surface area contributed by atoms with Crippen LogP contribution < -0.4 is 14.8 Å². The molecule has 0 unspecified atom stereocenters. The van der Waals surface area contributed by atoms with Crippen molar-refractivity contribution >= 4 is 28.3 Å². The molecule has 0 spiro atoms. The quantitative estimate of drug-likeness (QED) is 0.614. The Kier molecular flexibility index (Phi) is 5.97. The van der Waals surface area contributed by atoms with Gasteiger partial charge in [0.1, 0.15) is 18.1 Å².